The van der Waals surface area contributed by atoms with E-state index in [0.717, 1.165) is 36.9 Å². The molecule has 2 rings (SSSR count). The van der Waals surface area contributed by atoms with E-state index in [9.17, 15) is 0 Å². The second-order valence-corrected chi connectivity index (χ2v) is 6.40. The molecule has 0 aliphatic heterocycles. The molecule has 0 heterocycles. The Morgan fingerprint density at radius 1 is 1.30 bits per heavy atom. The Morgan fingerprint density at radius 3 is 2.65 bits per heavy atom. The van der Waals surface area contributed by atoms with E-state index in [-0.39, 0.29) is 0 Å². The predicted molar refractivity (Wildman–Crippen MR) is 94.2 cm³/mol. The molecule has 5 heteroatoms. The van der Waals surface area contributed by atoms with Crippen LogP contribution in [0.4, 0.5) is 0 Å². The van der Waals surface area contributed by atoms with Gasteiger partial charge in [-0.05, 0) is 48.8 Å². The minimum Gasteiger partial charge on any atom is -0.493 e. The Morgan fingerprint density at radius 2 is 2.04 bits per heavy atom. The SMILES string of the molecule is COc1ccc(CC(C)CN=C(N)NCC2CCC2)cc1OC. The number of methoxy groups -OCH3 is 2. The van der Waals surface area contributed by atoms with Crippen molar-refractivity contribution < 1.29 is 9.47 Å². The van der Waals surface area contributed by atoms with E-state index in [1.807, 2.05) is 12.1 Å². The highest BCUT2D eigenvalue weighted by molar-refractivity contribution is 5.77. The monoisotopic (exact) mass is 319 g/mol. The molecule has 3 N–H and O–H groups in total. The number of nitrogens with two attached hydrogens (primary N) is 1. The zero-order chi connectivity index (χ0) is 16.7. The van der Waals surface area contributed by atoms with E-state index in [0.29, 0.717) is 11.9 Å². The van der Waals surface area contributed by atoms with Crippen molar-refractivity contribution in [2.24, 2.45) is 22.6 Å². The molecule has 1 aromatic rings. The third kappa shape index (κ3) is 5.34. The zero-order valence-electron chi connectivity index (χ0n) is 14.5. The number of nitrogens with one attached hydrogen (secondary N) is 1. The zero-order valence-corrected chi connectivity index (χ0v) is 14.5. The van der Waals surface area contributed by atoms with Crippen molar-refractivity contribution in [2.45, 2.75) is 32.6 Å². The number of hydrogen-bond acceptors (Lipinski definition) is 3. The molecule has 1 aliphatic carbocycles. The highest BCUT2D eigenvalue weighted by atomic mass is 16.5. The van der Waals surface area contributed by atoms with E-state index in [2.05, 4.69) is 23.3 Å². The summed E-state index contributed by atoms with van der Waals surface area (Å²) in [4.78, 5) is 4.45. The Hall–Kier alpha value is -1.91. The topological polar surface area (TPSA) is 68.9 Å². The summed E-state index contributed by atoms with van der Waals surface area (Å²) in [7, 11) is 3.30. The van der Waals surface area contributed by atoms with Crippen molar-refractivity contribution >= 4 is 5.96 Å². The van der Waals surface area contributed by atoms with Crippen molar-refractivity contribution in [2.75, 3.05) is 27.3 Å². The van der Waals surface area contributed by atoms with Gasteiger partial charge >= 0.3 is 0 Å². The van der Waals surface area contributed by atoms with Gasteiger partial charge in [0.2, 0.25) is 0 Å². The molecule has 0 radical (unpaired) electrons. The first-order chi connectivity index (χ1) is 11.1. The van der Waals surface area contributed by atoms with Crippen molar-refractivity contribution in [3.63, 3.8) is 0 Å². The molecular weight excluding hydrogens is 290 g/mol. The van der Waals surface area contributed by atoms with E-state index >= 15 is 0 Å². The largest absolute Gasteiger partial charge is 0.493 e. The second kappa shape index (κ2) is 8.65. The molecule has 0 saturated heterocycles. The molecule has 0 amide bonds. The van der Waals surface area contributed by atoms with Gasteiger partial charge in [-0.25, -0.2) is 0 Å². The molecule has 0 spiro atoms. The molecule has 1 atom stereocenters. The Balaban J connectivity index is 1.80. The van der Waals surface area contributed by atoms with Crippen LogP contribution >= 0.6 is 0 Å². The average Bonchev–Trinajstić information content (AvgIpc) is 2.51. The molecular formula is C18H29N3O2. The Labute approximate surface area is 139 Å². The van der Waals surface area contributed by atoms with Gasteiger partial charge in [0, 0.05) is 13.1 Å². The molecule has 128 valence electrons. The Bertz CT molecular complexity index is 527. The lowest BCUT2D eigenvalue weighted by atomic mass is 9.85. The lowest BCUT2D eigenvalue weighted by Gasteiger charge is -2.25. The van der Waals surface area contributed by atoms with Gasteiger partial charge in [0.25, 0.3) is 0 Å². The summed E-state index contributed by atoms with van der Waals surface area (Å²) in [6.45, 7) is 3.86. The lowest BCUT2D eigenvalue weighted by Crippen LogP contribution is -2.37. The van der Waals surface area contributed by atoms with Crippen LogP contribution < -0.4 is 20.5 Å². The smallest absolute Gasteiger partial charge is 0.188 e. The fourth-order valence-electron chi connectivity index (χ4n) is 2.73. The number of hydrogen-bond donors (Lipinski definition) is 2. The lowest BCUT2D eigenvalue weighted by molar-refractivity contribution is 0.315. The van der Waals surface area contributed by atoms with Crippen LogP contribution in [0.2, 0.25) is 0 Å². The fraction of sp³-hybridized carbons (Fsp3) is 0.611. The van der Waals surface area contributed by atoms with Crippen LogP contribution in [0, 0.1) is 11.8 Å². The quantitative estimate of drug-likeness (QED) is 0.571. The predicted octanol–water partition coefficient (Wildman–Crippen LogP) is 2.59. The molecule has 23 heavy (non-hydrogen) atoms. The van der Waals surface area contributed by atoms with Crippen LogP contribution in [0.3, 0.4) is 0 Å². The summed E-state index contributed by atoms with van der Waals surface area (Å²) < 4.78 is 10.6. The minimum absolute atomic E-state index is 0.414. The molecule has 1 aromatic carbocycles. The number of aliphatic imine (C=N–C) groups is 1. The van der Waals surface area contributed by atoms with E-state index in [1.165, 1.54) is 24.8 Å². The fourth-order valence-corrected chi connectivity index (χ4v) is 2.73. The number of benzene rings is 1. The first-order valence-electron chi connectivity index (χ1n) is 8.37. The van der Waals surface area contributed by atoms with E-state index in [1.54, 1.807) is 14.2 Å². The molecule has 0 bridgehead atoms. The molecule has 1 saturated carbocycles. The first kappa shape index (κ1) is 17.4. The standard InChI is InChI=1S/C18H29N3O2/c1-13(11-20-18(19)21-12-14-5-4-6-14)9-15-7-8-16(22-2)17(10-15)23-3/h7-8,10,13-14H,4-6,9,11-12H2,1-3H3,(H3,19,20,21). The van der Waals surface area contributed by atoms with E-state index in [4.69, 9.17) is 15.2 Å². The normalized spacial score (nSPS) is 16.6. The maximum atomic E-state index is 5.93. The van der Waals surface area contributed by atoms with Crippen molar-refractivity contribution in [3.05, 3.63) is 23.8 Å². The average molecular weight is 319 g/mol. The molecule has 1 fully saturated rings. The maximum absolute atomic E-state index is 5.93. The van der Waals surface area contributed by atoms with Crippen LogP contribution in [-0.4, -0.2) is 33.3 Å². The van der Waals surface area contributed by atoms with Crippen LogP contribution in [0.25, 0.3) is 0 Å². The summed E-state index contributed by atoms with van der Waals surface area (Å²) in [5, 5.41) is 3.23. The van der Waals surface area contributed by atoms with Gasteiger partial charge in [-0.15, -0.1) is 0 Å². The third-order valence-corrected chi connectivity index (χ3v) is 4.40. The second-order valence-electron chi connectivity index (χ2n) is 6.40. The van der Waals surface area contributed by atoms with Crippen LogP contribution in [0.5, 0.6) is 11.5 Å². The van der Waals surface area contributed by atoms with Crippen molar-refractivity contribution in [1.29, 1.82) is 0 Å². The summed E-state index contributed by atoms with van der Waals surface area (Å²) in [6.07, 6.45) is 4.91. The number of ether oxygens (including phenoxy) is 2. The van der Waals surface area contributed by atoms with E-state index < -0.39 is 0 Å². The van der Waals surface area contributed by atoms with Gasteiger partial charge in [0.1, 0.15) is 0 Å². The summed E-state index contributed by atoms with van der Waals surface area (Å²) >= 11 is 0. The number of rotatable bonds is 8. The summed E-state index contributed by atoms with van der Waals surface area (Å²) in [6, 6.07) is 6.04. The van der Waals surface area contributed by atoms with Gasteiger partial charge in [-0.3, -0.25) is 4.99 Å². The van der Waals surface area contributed by atoms with Crippen LogP contribution in [0.15, 0.2) is 23.2 Å². The van der Waals surface area contributed by atoms with Crippen LogP contribution in [-0.2, 0) is 6.42 Å². The van der Waals surface area contributed by atoms with Crippen molar-refractivity contribution in [3.8, 4) is 11.5 Å². The highest BCUT2D eigenvalue weighted by Crippen LogP contribution is 2.28. The number of guanidine groups is 1. The highest BCUT2D eigenvalue weighted by Gasteiger charge is 2.16. The maximum Gasteiger partial charge on any atom is 0.188 e. The van der Waals surface area contributed by atoms with Crippen molar-refractivity contribution in [1.82, 2.24) is 5.32 Å². The summed E-state index contributed by atoms with van der Waals surface area (Å²) in [5.41, 5.74) is 7.14. The van der Waals surface area contributed by atoms with Gasteiger partial charge < -0.3 is 20.5 Å². The Kier molecular flexibility index (Phi) is 6.56. The molecule has 0 aromatic heterocycles. The molecule has 5 nitrogen and oxygen atoms in total. The third-order valence-electron chi connectivity index (χ3n) is 4.40. The van der Waals surface area contributed by atoms with Gasteiger partial charge in [0.05, 0.1) is 14.2 Å². The van der Waals surface area contributed by atoms with Gasteiger partial charge in [-0.1, -0.05) is 19.4 Å². The minimum atomic E-state index is 0.414. The van der Waals surface area contributed by atoms with Gasteiger partial charge in [-0.2, -0.15) is 0 Å². The van der Waals surface area contributed by atoms with Gasteiger partial charge in [0.15, 0.2) is 17.5 Å². The van der Waals surface area contributed by atoms with Crippen LogP contribution in [0.1, 0.15) is 31.7 Å². The summed E-state index contributed by atoms with van der Waals surface area (Å²) in [5.74, 6) is 3.29. The molecule has 1 unspecified atom stereocenters. The number of nitrogens with zero attached hydrogens (tertiary/aromatic N) is 1. The molecule has 1 aliphatic rings. The first-order valence-corrected chi connectivity index (χ1v) is 8.37.